The van der Waals surface area contributed by atoms with Crippen LogP contribution in [-0.4, -0.2) is 37.2 Å². The van der Waals surface area contributed by atoms with Gasteiger partial charge in [-0.05, 0) is 89.9 Å². The Kier molecular flexibility index (Phi) is 43.1. The van der Waals surface area contributed by atoms with Gasteiger partial charge in [0, 0.05) is 19.3 Å². The molecule has 6 heteroatoms. The summed E-state index contributed by atoms with van der Waals surface area (Å²) in [6.07, 6.45) is 60.0. The minimum atomic E-state index is -0.811. The molecule has 0 saturated carbocycles. The molecule has 0 N–H and O–H groups in total. The average Bonchev–Trinajstić information content (AvgIpc) is 3.22. The third-order valence-electron chi connectivity index (χ3n) is 9.34. The molecule has 0 aromatic heterocycles. The summed E-state index contributed by atoms with van der Waals surface area (Å²) >= 11 is 0. The molecule has 0 radical (unpaired) electrons. The molecule has 328 valence electrons. The second kappa shape index (κ2) is 46.0. The molecule has 0 bridgehead atoms. The first kappa shape index (κ1) is 54.3. The highest BCUT2D eigenvalue weighted by Gasteiger charge is 2.19. The monoisotopic (exact) mass is 805 g/mol. The van der Waals surface area contributed by atoms with E-state index in [1.807, 2.05) is 12.2 Å². The molecule has 0 rings (SSSR count). The fraction of sp³-hybridized carbons (Fsp3) is 0.635. The maximum Gasteiger partial charge on any atom is 0.306 e. The van der Waals surface area contributed by atoms with E-state index in [2.05, 4.69) is 106 Å². The molecule has 0 amide bonds. The topological polar surface area (TPSA) is 78.9 Å². The zero-order chi connectivity index (χ0) is 42.3. The quantitative estimate of drug-likeness (QED) is 0.0266. The first-order chi connectivity index (χ1) is 28.5. The number of carbonyl (C=O) groups excluding carboxylic acids is 3. The van der Waals surface area contributed by atoms with Crippen LogP contribution in [0.5, 0.6) is 0 Å². The summed E-state index contributed by atoms with van der Waals surface area (Å²) in [4.78, 5) is 37.5. The fourth-order valence-corrected chi connectivity index (χ4v) is 5.85. The smallest absolute Gasteiger partial charge is 0.306 e. The zero-order valence-electron chi connectivity index (χ0n) is 37.3. The number of rotatable bonds is 40. The van der Waals surface area contributed by atoms with Crippen molar-refractivity contribution < 1.29 is 28.6 Å². The third kappa shape index (κ3) is 43.5. The highest BCUT2D eigenvalue weighted by molar-refractivity contribution is 5.71. The van der Waals surface area contributed by atoms with Gasteiger partial charge in [0.2, 0.25) is 0 Å². The Morgan fingerprint density at radius 3 is 1.17 bits per heavy atom. The van der Waals surface area contributed by atoms with Crippen molar-refractivity contribution in [3.63, 3.8) is 0 Å². The molecule has 0 aliphatic rings. The minimum Gasteiger partial charge on any atom is -0.462 e. The second-order valence-electron chi connectivity index (χ2n) is 14.9. The van der Waals surface area contributed by atoms with Gasteiger partial charge in [0.25, 0.3) is 0 Å². The van der Waals surface area contributed by atoms with Crippen molar-refractivity contribution >= 4 is 17.9 Å². The summed E-state index contributed by atoms with van der Waals surface area (Å²) in [5.41, 5.74) is 0. The molecule has 0 aromatic rings. The van der Waals surface area contributed by atoms with Crippen LogP contribution >= 0.6 is 0 Å². The van der Waals surface area contributed by atoms with E-state index in [0.717, 1.165) is 116 Å². The molecular weight excluding hydrogens is 721 g/mol. The predicted molar refractivity (Wildman–Crippen MR) is 247 cm³/mol. The molecule has 0 aliphatic heterocycles. The van der Waals surface area contributed by atoms with Crippen LogP contribution in [-0.2, 0) is 28.6 Å². The first-order valence-corrected chi connectivity index (χ1v) is 23.2. The SMILES string of the molecule is CC/C=C\C/C=C\C/C=C\C/C=C\C/C=C\C/C=C\CCC(=O)OCC(COC(=O)CCCCCCC)OC(=O)CCCCCCC/C=C\C/C=C\CCCCCC. The van der Waals surface area contributed by atoms with Crippen molar-refractivity contribution in [1.82, 2.24) is 0 Å². The number of ether oxygens (including phenoxy) is 3. The van der Waals surface area contributed by atoms with Gasteiger partial charge in [-0.15, -0.1) is 0 Å². The molecule has 0 aliphatic carbocycles. The molecule has 1 atom stereocenters. The van der Waals surface area contributed by atoms with Crippen molar-refractivity contribution in [1.29, 1.82) is 0 Å². The van der Waals surface area contributed by atoms with Crippen molar-refractivity contribution in [3.05, 3.63) is 97.2 Å². The molecule has 0 heterocycles. The van der Waals surface area contributed by atoms with Gasteiger partial charge in [0.15, 0.2) is 6.10 Å². The third-order valence-corrected chi connectivity index (χ3v) is 9.34. The summed E-state index contributed by atoms with van der Waals surface area (Å²) in [6.45, 7) is 6.32. The number of carbonyl (C=O) groups is 3. The van der Waals surface area contributed by atoms with E-state index >= 15 is 0 Å². The molecular formula is C52H84O6. The summed E-state index contributed by atoms with van der Waals surface area (Å²) in [7, 11) is 0. The number of esters is 3. The van der Waals surface area contributed by atoms with E-state index in [4.69, 9.17) is 14.2 Å². The van der Waals surface area contributed by atoms with Crippen LogP contribution in [0.3, 0.4) is 0 Å². The number of hydrogen-bond donors (Lipinski definition) is 0. The van der Waals surface area contributed by atoms with Crippen molar-refractivity contribution in [2.24, 2.45) is 0 Å². The maximum atomic E-state index is 12.7. The molecule has 58 heavy (non-hydrogen) atoms. The lowest BCUT2D eigenvalue weighted by Gasteiger charge is -2.18. The first-order valence-electron chi connectivity index (χ1n) is 23.2. The van der Waals surface area contributed by atoms with Crippen LogP contribution in [0.25, 0.3) is 0 Å². The molecule has 0 spiro atoms. The summed E-state index contributed by atoms with van der Waals surface area (Å²) in [5, 5.41) is 0. The lowest BCUT2D eigenvalue weighted by atomic mass is 10.1. The van der Waals surface area contributed by atoms with E-state index < -0.39 is 6.10 Å². The van der Waals surface area contributed by atoms with E-state index in [9.17, 15) is 14.4 Å². The van der Waals surface area contributed by atoms with Gasteiger partial charge in [-0.1, -0.05) is 182 Å². The molecule has 0 aromatic carbocycles. The van der Waals surface area contributed by atoms with Crippen LogP contribution in [0.4, 0.5) is 0 Å². The molecule has 1 unspecified atom stereocenters. The molecule has 6 nitrogen and oxygen atoms in total. The van der Waals surface area contributed by atoms with Crippen LogP contribution in [0.1, 0.15) is 194 Å². The Labute approximate surface area is 356 Å². The second-order valence-corrected chi connectivity index (χ2v) is 14.9. The standard InChI is InChI=1S/C52H84O6/c1-4-7-10-13-15-17-19-21-23-25-26-27-29-30-32-34-36-39-42-45-51(54)57-48-49(47-56-50(53)44-41-38-12-9-6-3)58-52(55)46-43-40-37-35-33-31-28-24-22-20-18-16-14-11-8-5-2/h7,10,15,17-18,20-21,23-24,26-28,30,32,36,39,49H,4-6,8-9,11-14,16,19,22,25,29,31,33-35,37-38,40-48H2,1-3H3/b10-7-,17-15-,20-18-,23-21-,27-26-,28-24-,32-30-,39-36-. The van der Waals surface area contributed by atoms with Gasteiger partial charge in [-0.2, -0.15) is 0 Å². The largest absolute Gasteiger partial charge is 0.462 e. The summed E-state index contributed by atoms with van der Waals surface area (Å²) < 4.78 is 16.5. The predicted octanol–water partition coefficient (Wildman–Crippen LogP) is 15.0. The van der Waals surface area contributed by atoms with E-state index in [0.29, 0.717) is 19.3 Å². The minimum absolute atomic E-state index is 0.109. The summed E-state index contributed by atoms with van der Waals surface area (Å²) in [5.74, 6) is -1.03. The van der Waals surface area contributed by atoms with E-state index in [1.165, 1.54) is 32.1 Å². The Hall–Kier alpha value is -3.67. The lowest BCUT2D eigenvalue weighted by Crippen LogP contribution is -2.30. The van der Waals surface area contributed by atoms with Gasteiger partial charge in [0.05, 0.1) is 0 Å². The van der Waals surface area contributed by atoms with Gasteiger partial charge in [-0.25, -0.2) is 0 Å². The highest BCUT2D eigenvalue weighted by atomic mass is 16.6. The molecule has 0 fully saturated rings. The zero-order valence-corrected chi connectivity index (χ0v) is 37.3. The van der Waals surface area contributed by atoms with Gasteiger partial charge < -0.3 is 14.2 Å². The number of allylic oxidation sites excluding steroid dienone is 16. The summed E-state index contributed by atoms with van der Waals surface area (Å²) in [6, 6.07) is 0. The van der Waals surface area contributed by atoms with Gasteiger partial charge in [0.1, 0.15) is 13.2 Å². The van der Waals surface area contributed by atoms with Crippen LogP contribution in [0.2, 0.25) is 0 Å². The van der Waals surface area contributed by atoms with Crippen LogP contribution < -0.4 is 0 Å². The van der Waals surface area contributed by atoms with E-state index in [-0.39, 0.29) is 37.5 Å². The van der Waals surface area contributed by atoms with E-state index in [1.54, 1.807) is 0 Å². The van der Waals surface area contributed by atoms with Gasteiger partial charge in [-0.3, -0.25) is 14.4 Å². The Morgan fingerprint density at radius 2 is 0.707 bits per heavy atom. The maximum absolute atomic E-state index is 12.7. The van der Waals surface area contributed by atoms with Crippen molar-refractivity contribution in [2.75, 3.05) is 13.2 Å². The number of unbranched alkanes of at least 4 members (excludes halogenated alkanes) is 13. The Bertz CT molecular complexity index is 1200. The average molecular weight is 805 g/mol. The normalized spacial score (nSPS) is 12.9. The number of hydrogen-bond acceptors (Lipinski definition) is 6. The van der Waals surface area contributed by atoms with Crippen LogP contribution in [0.15, 0.2) is 97.2 Å². The van der Waals surface area contributed by atoms with Crippen LogP contribution in [0, 0.1) is 0 Å². The Balaban J connectivity index is 4.39. The highest BCUT2D eigenvalue weighted by Crippen LogP contribution is 2.11. The van der Waals surface area contributed by atoms with Gasteiger partial charge >= 0.3 is 17.9 Å². The van der Waals surface area contributed by atoms with Crippen molar-refractivity contribution in [3.8, 4) is 0 Å². The fourth-order valence-electron chi connectivity index (χ4n) is 5.85. The Morgan fingerprint density at radius 1 is 0.362 bits per heavy atom. The lowest BCUT2D eigenvalue weighted by molar-refractivity contribution is -0.166. The van der Waals surface area contributed by atoms with Crippen molar-refractivity contribution in [2.45, 2.75) is 200 Å². The molecule has 0 saturated heterocycles.